The fourth-order valence-corrected chi connectivity index (χ4v) is 8.08. The molecule has 4 nitrogen and oxygen atoms in total. The molecule has 7 aromatic carbocycles. The number of imide groups is 1. The summed E-state index contributed by atoms with van der Waals surface area (Å²) in [4.78, 5) is 30.7. The molecule has 9 rings (SSSR count). The van der Waals surface area contributed by atoms with Gasteiger partial charge < -0.3 is 4.57 Å². The molecule has 1 aliphatic rings. The first-order valence-corrected chi connectivity index (χ1v) is 18.3. The van der Waals surface area contributed by atoms with Gasteiger partial charge in [-0.1, -0.05) is 135 Å². The van der Waals surface area contributed by atoms with Gasteiger partial charge in [-0.05, 0) is 96.1 Å². The van der Waals surface area contributed by atoms with Crippen LogP contribution in [-0.4, -0.2) is 16.4 Å². The van der Waals surface area contributed by atoms with Gasteiger partial charge in [0.1, 0.15) is 0 Å². The lowest BCUT2D eigenvalue weighted by molar-refractivity contribution is 0.0926. The number of hydrogen-bond acceptors (Lipinski definition) is 2. The fraction of sp³-hybridized carbons (Fsp3) is 0.102. The first kappa shape index (κ1) is 33.6. The first-order chi connectivity index (χ1) is 25.9. The van der Waals surface area contributed by atoms with Crippen LogP contribution in [0.1, 0.15) is 51.3 Å². The van der Waals surface area contributed by atoms with E-state index in [1.165, 1.54) is 27.2 Å². The summed E-state index contributed by atoms with van der Waals surface area (Å²) >= 11 is 0. The molecular formula is C49H40N2O2. The minimum atomic E-state index is -0.332. The number of fused-ring (bicyclic) bond motifs is 4. The molecule has 0 unspecified atom stereocenters. The Morgan fingerprint density at radius 2 is 1.04 bits per heavy atom. The Labute approximate surface area is 310 Å². The molecule has 0 spiro atoms. The second kappa shape index (κ2) is 13.6. The van der Waals surface area contributed by atoms with Gasteiger partial charge >= 0.3 is 0 Å². The summed E-state index contributed by atoms with van der Waals surface area (Å²) in [7, 11) is 0. The number of nitrogens with zero attached hydrogens (tertiary/aromatic N) is 2. The first-order valence-electron chi connectivity index (χ1n) is 18.3. The summed E-state index contributed by atoms with van der Waals surface area (Å²) in [5.41, 5.74) is 13.8. The molecule has 1 aromatic heterocycles. The molecule has 0 N–H and O–H groups in total. The molecule has 0 radical (unpaired) electrons. The Hall–Kier alpha value is -6.52. The summed E-state index contributed by atoms with van der Waals surface area (Å²) < 4.78 is 2.15. The summed E-state index contributed by atoms with van der Waals surface area (Å²) in [6.45, 7) is 10.5. The van der Waals surface area contributed by atoms with Gasteiger partial charge in [0.25, 0.3) is 11.8 Å². The van der Waals surface area contributed by atoms with Gasteiger partial charge in [0, 0.05) is 16.3 Å². The number of hydrogen-bond donors (Lipinski definition) is 0. The number of aromatic nitrogens is 1. The van der Waals surface area contributed by atoms with Crippen molar-refractivity contribution in [3.05, 3.63) is 179 Å². The van der Waals surface area contributed by atoms with E-state index in [0.717, 1.165) is 49.6 Å². The van der Waals surface area contributed by atoms with E-state index in [2.05, 4.69) is 79.9 Å². The lowest BCUT2D eigenvalue weighted by Crippen LogP contribution is -2.30. The number of anilines is 1. The number of benzene rings is 7. The van der Waals surface area contributed by atoms with Crippen molar-refractivity contribution in [2.45, 2.75) is 34.6 Å². The predicted molar refractivity (Wildman–Crippen MR) is 220 cm³/mol. The Morgan fingerprint density at radius 1 is 0.415 bits per heavy atom. The number of carbonyl (C=O) groups excluding carboxylic acids is 2. The van der Waals surface area contributed by atoms with Crippen molar-refractivity contribution in [3.8, 4) is 39.1 Å². The SMILES string of the molecule is CC.Cc1cc(C)c(-c2ccc3c(c2)c2ccccc2n3-c2cccc3c2C(=O)N(c2cc(-c4ccccc4)ccc2-c2ccccc2)C3=O)c(C)c1. The second-order valence-electron chi connectivity index (χ2n) is 13.5. The van der Waals surface area contributed by atoms with E-state index in [-0.39, 0.29) is 11.8 Å². The monoisotopic (exact) mass is 688 g/mol. The van der Waals surface area contributed by atoms with Crippen LogP contribution in [-0.2, 0) is 0 Å². The van der Waals surface area contributed by atoms with E-state index in [4.69, 9.17) is 0 Å². The normalized spacial score (nSPS) is 12.3. The zero-order chi connectivity index (χ0) is 36.8. The maximum atomic E-state index is 14.9. The van der Waals surface area contributed by atoms with E-state index in [0.29, 0.717) is 22.5 Å². The predicted octanol–water partition coefficient (Wildman–Crippen LogP) is 12.5. The highest BCUT2D eigenvalue weighted by Gasteiger charge is 2.40. The Kier molecular flexibility index (Phi) is 8.60. The van der Waals surface area contributed by atoms with Crippen molar-refractivity contribution in [1.82, 2.24) is 4.57 Å². The van der Waals surface area contributed by atoms with E-state index in [9.17, 15) is 9.59 Å². The van der Waals surface area contributed by atoms with Crippen LogP contribution in [0.15, 0.2) is 152 Å². The zero-order valence-electron chi connectivity index (χ0n) is 30.6. The smallest absolute Gasteiger partial charge is 0.268 e. The largest absolute Gasteiger partial charge is 0.308 e. The number of para-hydroxylation sites is 1. The maximum Gasteiger partial charge on any atom is 0.268 e. The van der Waals surface area contributed by atoms with Crippen molar-refractivity contribution >= 4 is 39.3 Å². The van der Waals surface area contributed by atoms with E-state index >= 15 is 0 Å². The fourth-order valence-electron chi connectivity index (χ4n) is 8.08. The maximum absolute atomic E-state index is 14.9. The third kappa shape index (κ3) is 5.55. The summed E-state index contributed by atoms with van der Waals surface area (Å²) in [5, 5.41) is 2.18. The van der Waals surface area contributed by atoms with Gasteiger partial charge in [0.15, 0.2) is 0 Å². The van der Waals surface area contributed by atoms with Crippen molar-refractivity contribution in [1.29, 1.82) is 0 Å². The Balaban J connectivity index is 0.00000197. The number of rotatable bonds is 5. The molecule has 0 atom stereocenters. The van der Waals surface area contributed by atoms with Gasteiger partial charge in [-0.25, -0.2) is 4.90 Å². The molecule has 0 aliphatic carbocycles. The van der Waals surface area contributed by atoms with Crippen LogP contribution < -0.4 is 4.90 Å². The highest BCUT2D eigenvalue weighted by molar-refractivity contribution is 6.36. The Bertz CT molecular complexity index is 2680. The molecule has 0 saturated carbocycles. The molecule has 4 heteroatoms. The van der Waals surface area contributed by atoms with Gasteiger partial charge in [-0.2, -0.15) is 0 Å². The van der Waals surface area contributed by atoms with Crippen LogP contribution in [0.25, 0.3) is 60.9 Å². The van der Waals surface area contributed by atoms with Crippen LogP contribution in [0.5, 0.6) is 0 Å². The molecule has 0 saturated heterocycles. The molecule has 0 bridgehead atoms. The molecule has 8 aromatic rings. The number of carbonyl (C=O) groups is 2. The molecule has 258 valence electrons. The molecular weight excluding hydrogens is 649 g/mol. The molecule has 1 aliphatic heterocycles. The van der Waals surface area contributed by atoms with Crippen molar-refractivity contribution < 1.29 is 9.59 Å². The Morgan fingerprint density at radius 3 is 1.75 bits per heavy atom. The third-order valence-corrected chi connectivity index (χ3v) is 10.2. The van der Waals surface area contributed by atoms with E-state index in [1.807, 2.05) is 105 Å². The molecule has 53 heavy (non-hydrogen) atoms. The standard InChI is InChI=1S/C47H34N2O2.C2H6/c1-29-25-30(2)44(31(3)26-29)35-22-24-41-39(27-35)37-17-10-11-19-40(37)48(41)42-20-12-18-38-45(42)47(51)49(46(38)50)43-28-34(32-13-6-4-7-14-32)21-23-36(43)33-15-8-5-9-16-33;1-2/h4-28H,1-3H3;1-2H3. The van der Waals surface area contributed by atoms with Crippen LogP contribution in [0.2, 0.25) is 0 Å². The number of amides is 2. The van der Waals surface area contributed by atoms with E-state index < -0.39 is 0 Å². The zero-order valence-corrected chi connectivity index (χ0v) is 30.6. The molecule has 2 heterocycles. The highest BCUT2D eigenvalue weighted by atomic mass is 16.2. The summed E-state index contributed by atoms with van der Waals surface area (Å²) in [6, 6.07) is 51.0. The van der Waals surface area contributed by atoms with Crippen molar-refractivity contribution in [2.75, 3.05) is 4.90 Å². The minimum Gasteiger partial charge on any atom is -0.308 e. The third-order valence-electron chi connectivity index (χ3n) is 10.2. The van der Waals surface area contributed by atoms with Crippen LogP contribution in [0.4, 0.5) is 5.69 Å². The topological polar surface area (TPSA) is 42.3 Å². The lowest BCUT2D eigenvalue weighted by atomic mass is 9.93. The summed E-state index contributed by atoms with van der Waals surface area (Å²) in [5.74, 6) is -0.658. The van der Waals surface area contributed by atoms with Crippen LogP contribution in [0.3, 0.4) is 0 Å². The van der Waals surface area contributed by atoms with Crippen molar-refractivity contribution in [2.24, 2.45) is 0 Å². The van der Waals surface area contributed by atoms with Crippen LogP contribution >= 0.6 is 0 Å². The minimum absolute atomic E-state index is 0.326. The average molecular weight is 689 g/mol. The molecule has 0 fully saturated rings. The quantitative estimate of drug-likeness (QED) is 0.169. The van der Waals surface area contributed by atoms with Gasteiger partial charge in [-0.15, -0.1) is 0 Å². The van der Waals surface area contributed by atoms with E-state index in [1.54, 1.807) is 6.07 Å². The number of aryl methyl sites for hydroxylation is 3. The van der Waals surface area contributed by atoms with Crippen molar-refractivity contribution in [3.63, 3.8) is 0 Å². The second-order valence-corrected chi connectivity index (χ2v) is 13.5. The van der Waals surface area contributed by atoms with Crippen LogP contribution in [0, 0.1) is 20.8 Å². The highest BCUT2D eigenvalue weighted by Crippen LogP contribution is 2.42. The summed E-state index contributed by atoms with van der Waals surface area (Å²) in [6.07, 6.45) is 0. The van der Waals surface area contributed by atoms with Gasteiger partial charge in [0.05, 0.1) is 33.5 Å². The van der Waals surface area contributed by atoms with Gasteiger partial charge in [0.2, 0.25) is 0 Å². The average Bonchev–Trinajstić information content (AvgIpc) is 3.65. The van der Waals surface area contributed by atoms with Gasteiger partial charge in [-0.3, -0.25) is 9.59 Å². The molecule has 2 amide bonds. The lowest BCUT2D eigenvalue weighted by Gasteiger charge is -2.20.